The van der Waals surface area contributed by atoms with Crippen molar-refractivity contribution in [2.24, 2.45) is 0 Å². The molecule has 1 spiro atoms. The first kappa shape index (κ1) is 14.1. The van der Waals surface area contributed by atoms with E-state index in [0.29, 0.717) is 37.3 Å². The molecule has 1 aliphatic heterocycles. The van der Waals surface area contributed by atoms with Gasteiger partial charge >= 0.3 is 0 Å². The molecule has 0 amide bonds. The van der Waals surface area contributed by atoms with Gasteiger partial charge in [0.2, 0.25) is 5.88 Å². The third-order valence-electron chi connectivity index (χ3n) is 4.56. The number of nitrogens with zero attached hydrogens (tertiary/aromatic N) is 2. The van der Waals surface area contributed by atoms with Crippen LogP contribution in [-0.4, -0.2) is 39.2 Å². The van der Waals surface area contributed by atoms with Crippen molar-refractivity contribution in [3.63, 3.8) is 0 Å². The smallest absolute Gasteiger partial charge is 0.255 e. The summed E-state index contributed by atoms with van der Waals surface area (Å²) in [5, 5.41) is 13.5. The Balaban J connectivity index is 1.86. The number of rotatable bonds is 1. The summed E-state index contributed by atoms with van der Waals surface area (Å²) in [6.45, 7) is 0.718. The second-order valence-electron chi connectivity index (χ2n) is 5.95. The van der Waals surface area contributed by atoms with Gasteiger partial charge in [-0.25, -0.2) is 0 Å². The van der Waals surface area contributed by atoms with Gasteiger partial charge in [0, 0.05) is 12.0 Å². The Morgan fingerprint density at radius 3 is 2.96 bits per heavy atom. The third-order valence-corrected chi connectivity index (χ3v) is 4.56. The Bertz CT molecular complexity index is 840. The summed E-state index contributed by atoms with van der Waals surface area (Å²) in [4.78, 5) is 30.5. The maximum absolute atomic E-state index is 12.5. The Kier molecular flexibility index (Phi) is 3.08. The standard InChI is InChI=1S/C15H15N3O5/c19-9-3-5-22-7-15(9)4-1-2-8-12(18-23-13(8)15)14-16-10(20)6-11(21)17-14/h6H,1-5,7H2,(H2,16,17,20,21)/t15-/m0/s1. The first-order valence-electron chi connectivity index (χ1n) is 7.51. The zero-order valence-electron chi connectivity index (χ0n) is 12.3. The Morgan fingerprint density at radius 1 is 1.30 bits per heavy atom. The summed E-state index contributed by atoms with van der Waals surface area (Å²) in [7, 11) is 0. The van der Waals surface area contributed by atoms with Gasteiger partial charge in [-0.2, -0.15) is 4.98 Å². The molecule has 1 atom stereocenters. The average molecular weight is 317 g/mol. The highest BCUT2D eigenvalue weighted by Gasteiger charge is 2.49. The van der Waals surface area contributed by atoms with E-state index in [1.54, 1.807) is 0 Å². The monoisotopic (exact) mass is 317 g/mol. The molecule has 23 heavy (non-hydrogen) atoms. The minimum absolute atomic E-state index is 0.102. The number of H-pyrrole nitrogens is 1. The van der Waals surface area contributed by atoms with Crippen molar-refractivity contribution in [2.75, 3.05) is 13.2 Å². The van der Waals surface area contributed by atoms with Crippen LogP contribution < -0.4 is 5.56 Å². The zero-order chi connectivity index (χ0) is 16.0. The lowest BCUT2D eigenvalue weighted by Gasteiger charge is -2.36. The van der Waals surface area contributed by atoms with Crippen LogP contribution in [0.25, 0.3) is 11.5 Å². The minimum Gasteiger partial charge on any atom is -0.493 e. The van der Waals surface area contributed by atoms with Crippen LogP contribution in [-0.2, 0) is 21.4 Å². The molecule has 0 unspecified atom stereocenters. The fraction of sp³-hybridized carbons (Fsp3) is 0.467. The first-order valence-corrected chi connectivity index (χ1v) is 7.51. The van der Waals surface area contributed by atoms with Gasteiger partial charge in [0.05, 0.1) is 19.3 Å². The highest BCUT2D eigenvalue weighted by atomic mass is 16.5. The van der Waals surface area contributed by atoms with E-state index in [4.69, 9.17) is 9.26 Å². The van der Waals surface area contributed by atoms with E-state index in [9.17, 15) is 14.7 Å². The van der Waals surface area contributed by atoms with E-state index in [1.165, 1.54) is 0 Å². The second kappa shape index (κ2) is 5.02. The highest BCUT2D eigenvalue weighted by molar-refractivity contribution is 5.91. The van der Waals surface area contributed by atoms with Crippen LogP contribution in [0.4, 0.5) is 0 Å². The quantitative estimate of drug-likeness (QED) is 0.794. The number of ketones is 1. The second-order valence-corrected chi connectivity index (χ2v) is 5.95. The number of hydrogen-bond donors (Lipinski definition) is 2. The summed E-state index contributed by atoms with van der Waals surface area (Å²) in [5.74, 6) is 0.364. The average Bonchev–Trinajstić information content (AvgIpc) is 2.95. The molecular formula is C15H15N3O5. The first-order chi connectivity index (χ1) is 11.1. The molecule has 120 valence electrons. The van der Waals surface area contributed by atoms with Gasteiger partial charge < -0.3 is 19.4 Å². The molecule has 4 rings (SSSR count). The van der Waals surface area contributed by atoms with Gasteiger partial charge in [-0.1, -0.05) is 5.16 Å². The van der Waals surface area contributed by atoms with E-state index in [0.717, 1.165) is 18.1 Å². The summed E-state index contributed by atoms with van der Waals surface area (Å²) < 4.78 is 11.0. The van der Waals surface area contributed by atoms with Gasteiger partial charge in [0.1, 0.15) is 5.41 Å². The lowest BCUT2D eigenvalue weighted by Crippen LogP contribution is -2.46. The molecule has 0 radical (unpaired) electrons. The van der Waals surface area contributed by atoms with E-state index < -0.39 is 11.0 Å². The van der Waals surface area contributed by atoms with E-state index in [2.05, 4.69) is 15.1 Å². The summed E-state index contributed by atoms with van der Waals surface area (Å²) in [6, 6.07) is 0.982. The van der Waals surface area contributed by atoms with E-state index in [-0.39, 0.29) is 24.1 Å². The fourth-order valence-corrected chi connectivity index (χ4v) is 3.48. The van der Waals surface area contributed by atoms with E-state index in [1.807, 2.05) is 0 Å². The van der Waals surface area contributed by atoms with Crippen molar-refractivity contribution in [2.45, 2.75) is 31.1 Å². The normalized spacial score (nSPS) is 23.9. The van der Waals surface area contributed by atoms with Gasteiger partial charge in [-0.15, -0.1) is 0 Å². The van der Waals surface area contributed by atoms with Crippen LogP contribution >= 0.6 is 0 Å². The molecule has 1 fully saturated rings. The van der Waals surface area contributed by atoms with Crippen LogP contribution in [0, 0.1) is 0 Å². The molecule has 3 heterocycles. The summed E-state index contributed by atoms with van der Waals surface area (Å²) in [6.07, 6.45) is 2.48. The molecule has 2 N–H and O–H groups in total. The molecule has 2 aromatic heterocycles. The number of ether oxygens (including phenoxy) is 1. The summed E-state index contributed by atoms with van der Waals surface area (Å²) in [5.41, 5.74) is -0.144. The van der Waals surface area contributed by atoms with Crippen LogP contribution in [0.15, 0.2) is 15.4 Å². The van der Waals surface area contributed by atoms with Crippen molar-refractivity contribution in [3.8, 4) is 17.4 Å². The van der Waals surface area contributed by atoms with Gasteiger partial charge in [0.15, 0.2) is 23.1 Å². The van der Waals surface area contributed by atoms with Crippen LogP contribution in [0.3, 0.4) is 0 Å². The number of aromatic hydroxyl groups is 1. The van der Waals surface area contributed by atoms with Crippen molar-refractivity contribution >= 4 is 5.78 Å². The number of aromatic nitrogens is 3. The predicted octanol–water partition coefficient (Wildman–Crippen LogP) is 0.694. The van der Waals surface area contributed by atoms with Crippen LogP contribution in [0.2, 0.25) is 0 Å². The Morgan fingerprint density at radius 2 is 2.17 bits per heavy atom. The number of hydrogen-bond acceptors (Lipinski definition) is 7. The number of carbonyl (C=O) groups is 1. The molecule has 0 bridgehead atoms. The van der Waals surface area contributed by atoms with Crippen molar-refractivity contribution in [1.82, 2.24) is 15.1 Å². The van der Waals surface area contributed by atoms with Crippen LogP contribution in [0.5, 0.6) is 5.88 Å². The third kappa shape index (κ3) is 2.09. The topological polar surface area (TPSA) is 118 Å². The summed E-state index contributed by atoms with van der Waals surface area (Å²) >= 11 is 0. The van der Waals surface area contributed by atoms with Gasteiger partial charge in [0.25, 0.3) is 5.56 Å². The van der Waals surface area contributed by atoms with Crippen molar-refractivity contribution in [1.29, 1.82) is 0 Å². The fourth-order valence-electron chi connectivity index (χ4n) is 3.48. The molecule has 8 heteroatoms. The number of aromatic amines is 1. The maximum atomic E-state index is 12.5. The largest absolute Gasteiger partial charge is 0.493 e. The minimum atomic E-state index is -0.784. The molecule has 8 nitrogen and oxygen atoms in total. The molecule has 1 aliphatic carbocycles. The van der Waals surface area contributed by atoms with Crippen molar-refractivity contribution < 1.29 is 19.2 Å². The zero-order valence-corrected chi connectivity index (χ0v) is 12.3. The SMILES string of the molecule is O=C1CCOC[C@@]12CCCc1c(-c3nc(O)cc(=O)[nH]3)noc12. The van der Waals surface area contributed by atoms with Gasteiger partial charge in [-0.05, 0) is 19.3 Å². The van der Waals surface area contributed by atoms with Gasteiger partial charge in [-0.3, -0.25) is 9.59 Å². The maximum Gasteiger partial charge on any atom is 0.255 e. The Labute approximate surface area is 130 Å². The molecule has 2 aromatic rings. The lowest BCUT2D eigenvalue weighted by atomic mass is 9.69. The molecular weight excluding hydrogens is 302 g/mol. The number of nitrogens with one attached hydrogen (secondary N) is 1. The van der Waals surface area contributed by atoms with E-state index >= 15 is 0 Å². The highest BCUT2D eigenvalue weighted by Crippen LogP contribution is 2.43. The lowest BCUT2D eigenvalue weighted by molar-refractivity contribution is -0.135. The number of carbonyl (C=O) groups excluding carboxylic acids is 1. The molecule has 0 aromatic carbocycles. The molecule has 1 saturated heterocycles. The predicted molar refractivity (Wildman–Crippen MR) is 77.1 cm³/mol. The molecule has 0 saturated carbocycles. The number of Topliss-reactive ketones (excluding diaryl/α,β-unsaturated/α-hetero) is 1. The Hall–Kier alpha value is -2.48. The van der Waals surface area contributed by atoms with Crippen molar-refractivity contribution in [3.05, 3.63) is 27.7 Å². The molecule has 2 aliphatic rings. The van der Waals surface area contributed by atoms with Crippen LogP contribution in [0.1, 0.15) is 30.6 Å². The number of fused-ring (bicyclic) bond motifs is 2.